The van der Waals surface area contributed by atoms with Crippen LogP contribution in [0.3, 0.4) is 0 Å². The molecule has 21 heavy (non-hydrogen) atoms. The van der Waals surface area contributed by atoms with E-state index >= 15 is 0 Å². The van der Waals surface area contributed by atoms with Gasteiger partial charge in [0.05, 0.1) is 17.8 Å². The van der Waals surface area contributed by atoms with Crippen molar-refractivity contribution in [3.63, 3.8) is 0 Å². The maximum atomic E-state index is 8.94. The van der Waals surface area contributed by atoms with Crippen molar-refractivity contribution in [1.82, 2.24) is 9.78 Å². The predicted octanol–water partition coefficient (Wildman–Crippen LogP) is 4.31. The Labute approximate surface area is 126 Å². The first-order valence-corrected chi connectivity index (χ1v) is 7.80. The van der Waals surface area contributed by atoms with E-state index in [1.165, 1.54) is 37.7 Å². The Bertz CT molecular complexity index is 657. The van der Waals surface area contributed by atoms with Crippen molar-refractivity contribution >= 4 is 0 Å². The van der Waals surface area contributed by atoms with E-state index in [9.17, 15) is 0 Å². The molecule has 1 fully saturated rings. The lowest BCUT2D eigenvalue weighted by Crippen LogP contribution is -2.14. The van der Waals surface area contributed by atoms with Crippen LogP contribution < -0.4 is 0 Å². The first-order chi connectivity index (χ1) is 10.3. The lowest BCUT2D eigenvalue weighted by Gasteiger charge is -2.21. The summed E-state index contributed by atoms with van der Waals surface area (Å²) < 4.78 is 2.09. The number of nitriles is 1. The lowest BCUT2D eigenvalue weighted by molar-refractivity contribution is 0.308. The van der Waals surface area contributed by atoms with Crippen LogP contribution in [0.5, 0.6) is 0 Å². The average Bonchev–Trinajstić information content (AvgIpc) is 2.96. The highest BCUT2D eigenvalue weighted by Crippen LogP contribution is 2.27. The zero-order valence-electron chi connectivity index (χ0n) is 12.5. The highest BCUT2D eigenvalue weighted by molar-refractivity contribution is 5.66. The molecule has 0 radical (unpaired) electrons. The minimum Gasteiger partial charge on any atom is -0.272 e. The summed E-state index contributed by atoms with van der Waals surface area (Å²) in [6.07, 6.45) is 10.9. The predicted molar refractivity (Wildman–Crippen MR) is 83.7 cm³/mol. The molecular weight excluding hydrogens is 258 g/mol. The Morgan fingerprint density at radius 3 is 2.81 bits per heavy atom. The van der Waals surface area contributed by atoms with Crippen LogP contribution in [0, 0.1) is 24.2 Å². The smallest absolute Gasteiger partial charge is 0.0991 e. The van der Waals surface area contributed by atoms with Crippen molar-refractivity contribution in [2.45, 2.75) is 45.6 Å². The van der Waals surface area contributed by atoms with Crippen molar-refractivity contribution < 1.29 is 0 Å². The second-order valence-corrected chi connectivity index (χ2v) is 6.10. The van der Waals surface area contributed by atoms with Crippen LogP contribution in [0.15, 0.2) is 30.6 Å². The molecule has 3 rings (SSSR count). The molecule has 0 saturated heterocycles. The van der Waals surface area contributed by atoms with E-state index in [1.54, 1.807) is 0 Å². The van der Waals surface area contributed by atoms with Gasteiger partial charge in [0.15, 0.2) is 0 Å². The Morgan fingerprint density at radius 1 is 1.29 bits per heavy atom. The third kappa shape index (κ3) is 3.16. The standard InChI is InChI=1S/C18H21N3/c1-14-9-16(10-19)7-8-18(14)17-11-20-21(13-17)12-15-5-3-2-4-6-15/h7-9,11,13,15H,2-6,12H2,1H3. The normalized spacial score (nSPS) is 15.8. The molecule has 0 unspecified atom stereocenters. The van der Waals surface area contributed by atoms with Crippen LogP contribution in [-0.4, -0.2) is 9.78 Å². The first kappa shape index (κ1) is 13.9. The molecule has 3 heteroatoms. The number of benzene rings is 1. The Kier molecular flexibility index (Phi) is 4.06. The monoisotopic (exact) mass is 279 g/mol. The van der Waals surface area contributed by atoms with Gasteiger partial charge in [-0.05, 0) is 48.9 Å². The number of nitrogens with zero attached hydrogens (tertiary/aromatic N) is 3. The molecule has 0 spiro atoms. The Balaban J connectivity index is 1.76. The maximum absolute atomic E-state index is 8.94. The molecule has 1 aromatic carbocycles. The number of aromatic nitrogens is 2. The second-order valence-electron chi connectivity index (χ2n) is 6.10. The number of hydrogen-bond acceptors (Lipinski definition) is 2. The van der Waals surface area contributed by atoms with E-state index in [0.29, 0.717) is 5.56 Å². The fourth-order valence-corrected chi connectivity index (χ4v) is 3.29. The molecule has 1 aliphatic carbocycles. The van der Waals surface area contributed by atoms with Gasteiger partial charge >= 0.3 is 0 Å². The number of hydrogen-bond donors (Lipinski definition) is 0. The zero-order chi connectivity index (χ0) is 14.7. The van der Waals surface area contributed by atoms with Gasteiger partial charge in [-0.15, -0.1) is 0 Å². The molecule has 2 aromatic rings. The van der Waals surface area contributed by atoms with Gasteiger partial charge in [0.1, 0.15) is 0 Å². The van der Waals surface area contributed by atoms with Gasteiger partial charge in [0.25, 0.3) is 0 Å². The quantitative estimate of drug-likeness (QED) is 0.840. The summed E-state index contributed by atoms with van der Waals surface area (Å²) in [5.41, 5.74) is 4.16. The third-order valence-corrected chi connectivity index (χ3v) is 4.47. The molecule has 1 aromatic heterocycles. The van der Waals surface area contributed by atoms with Crippen LogP contribution in [-0.2, 0) is 6.54 Å². The molecular formula is C18H21N3. The molecule has 3 nitrogen and oxygen atoms in total. The zero-order valence-corrected chi connectivity index (χ0v) is 12.5. The largest absolute Gasteiger partial charge is 0.272 e. The van der Waals surface area contributed by atoms with Gasteiger partial charge in [-0.1, -0.05) is 25.3 Å². The molecule has 108 valence electrons. The van der Waals surface area contributed by atoms with E-state index in [0.717, 1.165) is 23.6 Å². The number of rotatable bonds is 3. The van der Waals surface area contributed by atoms with Gasteiger partial charge in [-0.25, -0.2) is 0 Å². The van der Waals surface area contributed by atoms with E-state index in [4.69, 9.17) is 5.26 Å². The van der Waals surface area contributed by atoms with E-state index in [-0.39, 0.29) is 0 Å². The Morgan fingerprint density at radius 2 is 2.10 bits per heavy atom. The summed E-state index contributed by atoms with van der Waals surface area (Å²) in [5, 5.41) is 13.5. The van der Waals surface area contributed by atoms with Crippen molar-refractivity contribution in [2.24, 2.45) is 5.92 Å². The molecule has 0 bridgehead atoms. The van der Waals surface area contributed by atoms with E-state index in [2.05, 4.69) is 29.0 Å². The Hall–Kier alpha value is -2.08. The molecule has 0 atom stereocenters. The molecule has 0 N–H and O–H groups in total. The van der Waals surface area contributed by atoms with Crippen LogP contribution in [0.2, 0.25) is 0 Å². The summed E-state index contributed by atoms with van der Waals surface area (Å²) in [6.45, 7) is 3.09. The maximum Gasteiger partial charge on any atom is 0.0991 e. The highest BCUT2D eigenvalue weighted by Gasteiger charge is 2.15. The SMILES string of the molecule is Cc1cc(C#N)ccc1-c1cnn(CC2CCCCC2)c1. The summed E-state index contributed by atoms with van der Waals surface area (Å²) in [7, 11) is 0. The fourth-order valence-electron chi connectivity index (χ4n) is 3.29. The summed E-state index contributed by atoms with van der Waals surface area (Å²) >= 11 is 0. The minimum atomic E-state index is 0.714. The molecule has 0 aliphatic heterocycles. The van der Waals surface area contributed by atoms with Gasteiger partial charge in [-0.3, -0.25) is 4.68 Å². The fraction of sp³-hybridized carbons (Fsp3) is 0.444. The average molecular weight is 279 g/mol. The van der Waals surface area contributed by atoms with E-state index in [1.807, 2.05) is 24.4 Å². The van der Waals surface area contributed by atoms with E-state index < -0.39 is 0 Å². The summed E-state index contributed by atoms with van der Waals surface area (Å²) in [4.78, 5) is 0. The third-order valence-electron chi connectivity index (χ3n) is 4.47. The topological polar surface area (TPSA) is 41.6 Å². The van der Waals surface area contributed by atoms with Gasteiger partial charge in [0.2, 0.25) is 0 Å². The van der Waals surface area contributed by atoms with Crippen LogP contribution in [0.1, 0.15) is 43.2 Å². The highest BCUT2D eigenvalue weighted by atomic mass is 15.3. The summed E-state index contributed by atoms with van der Waals surface area (Å²) in [6, 6.07) is 8.02. The lowest BCUT2D eigenvalue weighted by atomic mass is 9.89. The van der Waals surface area contributed by atoms with Crippen molar-refractivity contribution in [2.75, 3.05) is 0 Å². The van der Waals surface area contributed by atoms with Gasteiger partial charge in [0, 0.05) is 18.3 Å². The second kappa shape index (κ2) is 6.13. The molecule has 1 heterocycles. The molecule has 0 amide bonds. The van der Waals surface area contributed by atoms with Gasteiger partial charge < -0.3 is 0 Å². The molecule has 1 aliphatic rings. The van der Waals surface area contributed by atoms with Crippen LogP contribution >= 0.6 is 0 Å². The van der Waals surface area contributed by atoms with Crippen LogP contribution in [0.25, 0.3) is 11.1 Å². The molecule has 1 saturated carbocycles. The minimum absolute atomic E-state index is 0.714. The first-order valence-electron chi connectivity index (χ1n) is 7.80. The van der Waals surface area contributed by atoms with Crippen molar-refractivity contribution in [3.8, 4) is 17.2 Å². The summed E-state index contributed by atoms with van der Waals surface area (Å²) in [5.74, 6) is 0.786. The van der Waals surface area contributed by atoms with Crippen molar-refractivity contribution in [1.29, 1.82) is 5.26 Å². The van der Waals surface area contributed by atoms with Gasteiger partial charge in [-0.2, -0.15) is 10.4 Å². The number of aryl methyl sites for hydroxylation is 1. The van der Waals surface area contributed by atoms with Crippen molar-refractivity contribution in [3.05, 3.63) is 41.7 Å². The van der Waals surface area contributed by atoms with Crippen LogP contribution in [0.4, 0.5) is 0 Å².